The van der Waals surface area contributed by atoms with Crippen LogP contribution in [0.3, 0.4) is 0 Å². The first-order chi connectivity index (χ1) is 7.79. The average molecular weight is 250 g/mol. The van der Waals surface area contributed by atoms with Gasteiger partial charge in [0.1, 0.15) is 5.54 Å². The fraction of sp³-hybridized carbons (Fsp3) is 0.909. The number of ether oxygens (including phenoxy) is 1. The monoisotopic (exact) mass is 250 g/mol. The van der Waals surface area contributed by atoms with Crippen LogP contribution >= 0.6 is 0 Å². The molecule has 0 radical (unpaired) electrons. The summed E-state index contributed by atoms with van der Waals surface area (Å²) in [6.07, 6.45) is -3.44. The van der Waals surface area contributed by atoms with Crippen molar-refractivity contribution in [1.82, 2.24) is 0 Å². The van der Waals surface area contributed by atoms with E-state index in [4.69, 9.17) is 15.7 Å². The Morgan fingerprint density at radius 1 is 1.59 bits per heavy atom. The van der Waals surface area contributed by atoms with Crippen molar-refractivity contribution in [1.29, 1.82) is 5.26 Å². The van der Waals surface area contributed by atoms with Gasteiger partial charge in [0.05, 0.1) is 6.07 Å². The minimum atomic E-state index is -4.33. The van der Waals surface area contributed by atoms with Gasteiger partial charge in [-0.05, 0) is 32.1 Å². The second-order valence-electron chi connectivity index (χ2n) is 4.58. The molecule has 0 heterocycles. The normalized spacial score (nSPS) is 31.2. The van der Waals surface area contributed by atoms with Crippen LogP contribution in [-0.2, 0) is 4.74 Å². The van der Waals surface area contributed by atoms with Crippen LogP contribution in [0, 0.1) is 17.2 Å². The molecule has 1 saturated carbocycles. The molecule has 0 bridgehead atoms. The van der Waals surface area contributed by atoms with Gasteiger partial charge >= 0.3 is 6.18 Å². The van der Waals surface area contributed by atoms with Gasteiger partial charge in [-0.25, -0.2) is 0 Å². The molecule has 98 valence electrons. The third-order valence-electron chi connectivity index (χ3n) is 3.37. The second kappa shape index (κ2) is 5.23. The molecule has 3 atom stereocenters. The lowest BCUT2D eigenvalue weighted by molar-refractivity contribution is -0.214. The molecule has 1 aliphatic rings. The summed E-state index contributed by atoms with van der Waals surface area (Å²) in [5, 5.41) is 8.94. The van der Waals surface area contributed by atoms with Crippen LogP contribution in [0.1, 0.15) is 32.6 Å². The van der Waals surface area contributed by atoms with E-state index >= 15 is 0 Å². The van der Waals surface area contributed by atoms with E-state index in [2.05, 4.69) is 6.07 Å². The fourth-order valence-corrected chi connectivity index (χ4v) is 2.13. The van der Waals surface area contributed by atoms with E-state index in [1.165, 1.54) is 0 Å². The smallest absolute Gasteiger partial charge is 0.369 e. The molecule has 3 nitrogen and oxygen atoms in total. The summed E-state index contributed by atoms with van der Waals surface area (Å²) >= 11 is 0. The molecule has 17 heavy (non-hydrogen) atoms. The first-order valence-corrected chi connectivity index (χ1v) is 5.68. The number of hydrogen-bond donors (Lipinski definition) is 1. The molecule has 0 spiro atoms. The molecular weight excluding hydrogens is 233 g/mol. The Morgan fingerprint density at radius 3 is 2.76 bits per heavy atom. The zero-order chi connectivity index (χ0) is 13.1. The summed E-state index contributed by atoms with van der Waals surface area (Å²) in [6, 6.07) is 2.06. The van der Waals surface area contributed by atoms with Crippen LogP contribution in [0.25, 0.3) is 0 Å². The van der Waals surface area contributed by atoms with Crippen LogP contribution in [0.4, 0.5) is 13.2 Å². The molecule has 0 saturated heterocycles. The van der Waals surface area contributed by atoms with Crippen molar-refractivity contribution in [2.24, 2.45) is 11.7 Å². The summed E-state index contributed by atoms with van der Waals surface area (Å²) in [5.74, 6) is -0.0621. The van der Waals surface area contributed by atoms with Crippen molar-refractivity contribution < 1.29 is 17.9 Å². The summed E-state index contributed by atoms with van der Waals surface area (Å²) in [6.45, 7) is 0.973. The van der Waals surface area contributed by atoms with Gasteiger partial charge in [-0.3, -0.25) is 0 Å². The third kappa shape index (κ3) is 3.58. The van der Waals surface area contributed by atoms with E-state index in [0.717, 1.165) is 19.8 Å². The van der Waals surface area contributed by atoms with Crippen molar-refractivity contribution in [2.75, 3.05) is 6.61 Å². The van der Waals surface area contributed by atoms with Crippen molar-refractivity contribution in [3.63, 3.8) is 0 Å². The van der Waals surface area contributed by atoms with Gasteiger partial charge in [-0.15, -0.1) is 0 Å². The van der Waals surface area contributed by atoms with Crippen LogP contribution in [-0.4, -0.2) is 24.4 Å². The fourth-order valence-electron chi connectivity index (χ4n) is 2.13. The van der Waals surface area contributed by atoms with E-state index in [9.17, 15) is 13.2 Å². The van der Waals surface area contributed by atoms with Gasteiger partial charge < -0.3 is 10.5 Å². The molecule has 0 amide bonds. The Bertz CT molecular complexity index is 300. The first-order valence-electron chi connectivity index (χ1n) is 5.68. The number of rotatable bonds is 4. The summed E-state index contributed by atoms with van der Waals surface area (Å²) < 4.78 is 41.2. The Morgan fingerprint density at radius 2 is 2.24 bits per heavy atom. The minimum Gasteiger partial charge on any atom is -0.369 e. The third-order valence-corrected chi connectivity index (χ3v) is 3.37. The van der Waals surface area contributed by atoms with Gasteiger partial charge in [-0.2, -0.15) is 18.4 Å². The largest absolute Gasteiger partial charge is 0.414 e. The molecule has 0 aliphatic heterocycles. The van der Waals surface area contributed by atoms with Gasteiger partial charge in [-0.1, -0.05) is 6.42 Å². The molecule has 0 aromatic rings. The topological polar surface area (TPSA) is 59.0 Å². The number of halogens is 3. The van der Waals surface area contributed by atoms with E-state index in [1.54, 1.807) is 0 Å². The maximum atomic E-state index is 12.2. The number of hydrogen-bond acceptors (Lipinski definition) is 3. The second-order valence-corrected chi connectivity index (χ2v) is 4.58. The Labute approximate surface area is 98.7 Å². The summed E-state index contributed by atoms with van der Waals surface area (Å²) in [7, 11) is 0. The predicted molar refractivity (Wildman–Crippen MR) is 56.0 cm³/mol. The van der Waals surface area contributed by atoms with Crippen LogP contribution < -0.4 is 5.73 Å². The van der Waals surface area contributed by atoms with Gasteiger partial charge in [0.25, 0.3) is 0 Å². The SMILES string of the molecule is CC(OCCC1CCCC1(N)C#N)C(F)(F)F. The maximum absolute atomic E-state index is 12.2. The molecule has 1 rings (SSSR count). The molecule has 1 aliphatic carbocycles. The molecular formula is C11H17F3N2O. The van der Waals surface area contributed by atoms with E-state index in [1.807, 2.05) is 0 Å². The van der Waals surface area contributed by atoms with Gasteiger partial charge in [0.2, 0.25) is 0 Å². The zero-order valence-corrected chi connectivity index (χ0v) is 9.76. The quantitative estimate of drug-likeness (QED) is 0.833. The van der Waals surface area contributed by atoms with Gasteiger partial charge in [0, 0.05) is 6.61 Å². The van der Waals surface area contributed by atoms with Crippen molar-refractivity contribution in [3.8, 4) is 6.07 Å². The van der Waals surface area contributed by atoms with Crippen LogP contribution in [0.2, 0.25) is 0 Å². The number of nitrogens with two attached hydrogens (primary N) is 1. The highest BCUT2D eigenvalue weighted by Crippen LogP contribution is 2.35. The highest BCUT2D eigenvalue weighted by molar-refractivity contribution is 5.11. The van der Waals surface area contributed by atoms with Crippen molar-refractivity contribution >= 4 is 0 Å². The summed E-state index contributed by atoms with van der Waals surface area (Å²) in [4.78, 5) is 0. The lowest BCUT2D eigenvalue weighted by Gasteiger charge is -2.24. The molecule has 0 aromatic heterocycles. The van der Waals surface area contributed by atoms with E-state index < -0.39 is 17.8 Å². The minimum absolute atomic E-state index is 0.00796. The average Bonchev–Trinajstić information content (AvgIpc) is 2.60. The molecule has 1 fully saturated rings. The first kappa shape index (κ1) is 14.3. The van der Waals surface area contributed by atoms with E-state index in [0.29, 0.717) is 12.8 Å². The highest BCUT2D eigenvalue weighted by Gasteiger charge is 2.40. The number of alkyl halides is 3. The zero-order valence-electron chi connectivity index (χ0n) is 9.76. The predicted octanol–water partition coefficient (Wildman–Crippen LogP) is 2.37. The molecule has 2 N–H and O–H groups in total. The van der Waals surface area contributed by atoms with Crippen molar-refractivity contribution in [3.05, 3.63) is 0 Å². The number of nitrogens with zero attached hydrogens (tertiary/aromatic N) is 1. The lowest BCUT2D eigenvalue weighted by Crippen LogP contribution is -2.42. The van der Waals surface area contributed by atoms with E-state index in [-0.39, 0.29) is 12.5 Å². The van der Waals surface area contributed by atoms with Crippen LogP contribution in [0.5, 0.6) is 0 Å². The molecule has 6 heteroatoms. The maximum Gasteiger partial charge on any atom is 0.414 e. The molecule has 3 unspecified atom stereocenters. The lowest BCUT2D eigenvalue weighted by atomic mass is 9.87. The highest BCUT2D eigenvalue weighted by atomic mass is 19.4. The Balaban J connectivity index is 2.35. The standard InChI is InChI=1S/C11H17F3N2O/c1-8(11(12,13)14)17-6-4-9-3-2-5-10(9,16)7-15/h8-9H,2-6,16H2,1H3. The Hall–Kier alpha value is -0.800. The summed E-state index contributed by atoms with van der Waals surface area (Å²) in [5.41, 5.74) is 4.98. The van der Waals surface area contributed by atoms with Crippen LogP contribution in [0.15, 0.2) is 0 Å². The number of nitriles is 1. The van der Waals surface area contributed by atoms with Crippen molar-refractivity contribution in [2.45, 2.75) is 50.4 Å². The van der Waals surface area contributed by atoms with Gasteiger partial charge in [0.15, 0.2) is 6.10 Å². The Kier molecular flexibility index (Phi) is 4.39. The molecule has 0 aromatic carbocycles.